The van der Waals surface area contributed by atoms with Gasteiger partial charge in [-0.1, -0.05) is 48.5 Å². The van der Waals surface area contributed by atoms with Gasteiger partial charge in [0.25, 0.3) is 0 Å². The Morgan fingerprint density at radius 1 is 0.970 bits per heavy atom. The van der Waals surface area contributed by atoms with Crippen molar-refractivity contribution in [1.82, 2.24) is 14.8 Å². The fourth-order valence-corrected chi connectivity index (χ4v) is 4.10. The van der Waals surface area contributed by atoms with E-state index in [9.17, 15) is 4.79 Å². The van der Waals surface area contributed by atoms with Crippen molar-refractivity contribution in [2.45, 2.75) is 6.54 Å². The number of hydrogen-bond donors (Lipinski definition) is 1. The molecule has 1 aliphatic rings. The minimum Gasteiger partial charge on any atom is -0.495 e. The third-order valence-electron chi connectivity index (χ3n) is 5.91. The Hall–Kier alpha value is -3.84. The van der Waals surface area contributed by atoms with Crippen LogP contribution >= 0.6 is 0 Å². The molecule has 0 spiro atoms. The van der Waals surface area contributed by atoms with Crippen LogP contribution in [0, 0.1) is 0 Å². The van der Waals surface area contributed by atoms with E-state index in [-0.39, 0.29) is 6.03 Å². The summed E-state index contributed by atoms with van der Waals surface area (Å²) in [5, 5.41) is 2.94. The molecule has 0 atom stereocenters. The third-order valence-corrected chi connectivity index (χ3v) is 5.91. The van der Waals surface area contributed by atoms with Crippen molar-refractivity contribution >= 4 is 22.8 Å². The molecule has 2 heterocycles. The van der Waals surface area contributed by atoms with Crippen molar-refractivity contribution in [2.24, 2.45) is 0 Å². The second-order valence-corrected chi connectivity index (χ2v) is 8.05. The monoisotopic (exact) mass is 442 g/mol. The zero-order valence-corrected chi connectivity index (χ0v) is 18.5. The van der Waals surface area contributed by atoms with E-state index >= 15 is 0 Å². The standard InChI is InChI=1S/C26H26N4O3/c1-32-23-10-6-5-9-21(23)28-26(31)30-15-13-29(14-16-30)18-25-27-22-17-20(11-12-24(22)33-25)19-7-3-2-4-8-19/h2-12,17H,13-16,18H2,1H3,(H,28,31). The van der Waals surface area contributed by atoms with Crippen molar-refractivity contribution in [3.63, 3.8) is 0 Å². The van der Waals surface area contributed by atoms with Gasteiger partial charge in [-0.05, 0) is 35.4 Å². The summed E-state index contributed by atoms with van der Waals surface area (Å²) in [6, 6.07) is 23.7. The summed E-state index contributed by atoms with van der Waals surface area (Å²) in [6.07, 6.45) is 0. The maximum absolute atomic E-state index is 12.7. The van der Waals surface area contributed by atoms with E-state index in [2.05, 4.69) is 34.5 Å². The molecule has 1 aliphatic heterocycles. The van der Waals surface area contributed by atoms with Crippen LogP contribution in [0.5, 0.6) is 5.75 Å². The Morgan fingerprint density at radius 2 is 1.73 bits per heavy atom. The van der Waals surface area contributed by atoms with Gasteiger partial charge in [0, 0.05) is 26.2 Å². The molecule has 5 rings (SSSR count). The van der Waals surface area contributed by atoms with E-state index < -0.39 is 0 Å². The van der Waals surface area contributed by atoms with Crippen molar-refractivity contribution < 1.29 is 13.9 Å². The summed E-state index contributed by atoms with van der Waals surface area (Å²) in [4.78, 5) is 21.5. The molecule has 2 amide bonds. The number of ether oxygens (including phenoxy) is 1. The Labute approximate surface area is 192 Å². The highest BCUT2D eigenvalue weighted by Crippen LogP contribution is 2.26. The molecule has 0 radical (unpaired) electrons. The lowest BCUT2D eigenvalue weighted by Crippen LogP contribution is -2.49. The van der Waals surface area contributed by atoms with Crippen LogP contribution in [0.2, 0.25) is 0 Å². The zero-order chi connectivity index (χ0) is 22.6. The van der Waals surface area contributed by atoms with Gasteiger partial charge in [0.05, 0.1) is 19.3 Å². The normalized spacial score (nSPS) is 14.4. The fraction of sp³-hybridized carbons (Fsp3) is 0.231. The van der Waals surface area contributed by atoms with Crippen molar-refractivity contribution in [3.8, 4) is 16.9 Å². The van der Waals surface area contributed by atoms with Gasteiger partial charge >= 0.3 is 6.03 Å². The van der Waals surface area contributed by atoms with Gasteiger partial charge in [-0.25, -0.2) is 9.78 Å². The largest absolute Gasteiger partial charge is 0.495 e. The number of carbonyl (C=O) groups is 1. The number of aromatic nitrogens is 1. The number of piperazine rings is 1. The summed E-state index contributed by atoms with van der Waals surface area (Å²) in [5.74, 6) is 1.35. The first-order valence-electron chi connectivity index (χ1n) is 11.1. The molecule has 4 aromatic rings. The SMILES string of the molecule is COc1ccccc1NC(=O)N1CCN(Cc2nc3cc(-c4ccccc4)ccc3o2)CC1. The molecule has 33 heavy (non-hydrogen) atoms. The molecular formula is C26H26N4O3. The van der Waals surface area contributed by atoms with E-state index in [1.165, 1.54) is 0 Å². The molecule has 0 unspecified atom stereocenters. The lowest BCUT2D eigenvalue weighted by Gasteiger charge is -2.34. The molecule has 7 heteroatoms. The van der Waals surface area contributed by atoms with Gasteiger partial charge in [-0.2, -0.15) is 0 Å². The Morgan fingerprint density at radius 3 is 2.52 bits per heavy atom. The predicted octanol–water partition coefficient (Wildman–Crippen LogP) is 4.85. The second kappa shape index (κ2) is 9.34. The number of nitrogens with one attached hydrogen (secondary N) is 1. The minimum absolute atomic E-state index is 0.116. The van der Waals surface area contributed by atoms with Crippen molar-refractivity contribution in [2.75, 3.05) is 38.6 Å². The summed E-state index contributed by atoms with van der Waals surface area (Å²) < 4.78 is 11.3. The van der Waals surface area contributed by atoms with Crippen LogP contribution in [-0.2, 0) is 6.54 Å². The van der Waals surface area contributed by atoms with Crippen LogP contribution in [0.25, 0.3) is 22.2 Å². The molecule has 1 N–H and O–H groups in total. The van der Waals surface area contributed by atoms with Gasteiger partial charge in [0.15, 0.2) is 5.58 Å². The maximum Gasteiger partial charge on any atom is 0.322 e. The number of carbonyl (C=O) groups excluding carboxylic acids is 1. The predicted molar refractivity (Wildman–Crippen MR) is 128 cm³/mol. The maximum atomic E-state index is 12.7. The van der Waals surface area contributed by atoms with E-state index in [1.54, 1.807) is 7.11 Å². The highest BCUT2D eigenvalue weighted by Gasteiger charge is 2.23. The van der Waals surface area contributed by atoms with Gasteiger partial charge in [0.2, 0.25) is 5.89 Å². The van der Waals surface area contributed by atoms with E-state index in [1.807, 2.05) is 53.4 Å². The smallest absolute Gasteiger partial charge is 0.322 e. The zero-order valence-electron chi connectivity index (χ0n) is 18.5. The lowest BCUT2D eigenvalue weighted by atomic mass is 10.1. The number of methoxy groups -OCH3 is 1. The van der Waals surface area contributed by atoms with Gasteiger partial charge in [-0.3, -0.25) is 4.90 Å². The topological polar surface area (TPSA) is 70.8 Å². The van der Waals surface area contributed by atoms with Crippen LogP contribution in [0.3, 0.4) is 0 Å². The number of para-hydroxylation sites is 2. The van der Waals surface area contributed by atoms with Gasteiger partial charge in [-0.15, -0.1) is 0 Å². The van der Waals surface area contributed by atoms with Crippen LogP contribution < -0.4 is 10.1 Å². The number of oxazole rings is 1. The Kier molecular flexibility index (Phi) is 5.95. The first-order chi connectivity index (χ1) is 16.2. The molecule has 0 bridgehead atoms. The minimum atomic E-state index is -0.116. The number of fused-ring (bicyclic) bond motifs is 1. The van der Waals surface area contributed by atoms with E-state index in [0.717, 1.165) is 35.3 Å². The van der Waals surface area contributed by atoms with E-state index in [0.29, 0.717) is 37.0 Å². The number of benzene rings is 3. The highest BCUT2D eigenvalue weighted by atomic mass is 16.5. The molecule has 1 saturated heterocycles. The van der Waals surface area contributed by atoms with Crippen molar-refractivity contribution in [1.29, 1.82) is 0 Å². The molecule has 3 aromatic carbocycles. The molecule has 1 fully saturated rings. The molecule has 168 valence electrons. The van der Waals surface area contributed by atoms with Crippen molar-refractivity contribution in [3.05, 3.63) is 78.7 Å². The van der Waals surface area contributed by atoms with E-state index in [4.69, 9.17) is 14.1 Å². The van der Waals surface area contributed by atoms with Crippen LogP contribution in [0.4, 0.5) is 10.5 Å². The summed E-state index contributed by atoms with van der Waals surface area (Å²) in [7, 11) is 1.60. The average Bonchev–Trinajstić information content (AvgIpc) is 3.27. The Balaban J connectivity index is 1.19. The number of urea groups is 1. The van der Waals surface area contributed by atoms with Crippen LogP contribution in [-0.4, -0.2) is 54.1 Å². The number of amides is 2. The molecule has 1 aromatic heterocycles. The lowest BCUT2D eigenvalue weighted by molar-refractivity contribution is 0.136. The first-order valence-corrected chi connectivity index (χ1v) is 11.1. The first kappa shape index (κ1) is 21.0. The molecular weight excluding hydrogens is 416 g/mol. The molecule has 0 saturated carbocycles. The molecule has 7 nitrogen and oxygen atoms in total. The summed E-state index contributed by atoms with van der Waals surface area (Å²) in [5.41, 5.74) is 4.61. The van der Waals surface area contributed by atoms with Gasteiger partial charge in [0.1, 0.15) is 11.3 Å². The summed E-state index contributed by atoms with van der Waals surface area (Å²) >= 11 is 0. The van der Waals surface area contributed by atoms with Crippen LogP contribution in [0.15, 0.2) is 77.2 Å². The average molecular weight is 443 g/mol. The third kappa shape index (κ3) is 4.68. The quantitative estimate of drug-likeness (QED) is 0.478. The number of rotatable bonds is 5. The Bertz CT molecular complexity index is 1250. The molecule has 0 aliphatic carbocycles. The number of anilines is 1. The summed E-state index contributed by atoms with van der Waals surface area (Å²) in [6.45, 7) is 3.41. The highest BCUT2D eigenvalue weighted by molar-refractivity contribution is 5.91. The number of hydrogen-bond acceptors (Lipinski definition) is 5. The fourth-order valence-electron chi connectivity index (χ4n) is 4.10. The van der Waals surface area contributed by atoms with Gasteiger partial charge < -0.3 is 19.4 Å². The number of nitrogens with zero attached hydrogens (tertiary/aromatic N) is 3. The second-order valence-electron chi connectivity index (χ2n) is 8.05. The van der Waals surface area contributed by atoms with Crippen LogP contribution in [0.1, 0.15) is 5.89 Å².